The van der Waals surface area contributed by atoms with E-state index in [9.17, 15) is 0 Å². The summed E-state index contributed by atoms with van der Waals surface area (Å²) in [6.45, 7) is 4.37. The van der Waals surface area contributed by atoms with Gasteiger partial charge in [0.1, 0.15) is 0 Å². The number of hydrogen-bond donors (Lipinski definition) is 0. The normalized spacial score (nSPS) is 9.79. The van der Waals surface area contributed by atoms with Crippen LogP contribution in [0, 0.1) is 11.3 Å². The van der Waals surface area contributed by atoms with Crippen LogP contribution in [-0.4, -0.2) is 0 Å². The fourth-order valence-electron chi connectivity index (χ4n) is 1.90. The minimum Gasteiger partial charge on any atom is -0.198 e. The van der Waals surface area contributed by atoms with Gasteiger partial charge in [-0.1, -0.05) is 32.0 Å². The van der Waals surface area contributed by atoms with E-state index in [1.54, 1.807) is 0 Å². The quantitative estimate of drug-likeness (QED) is 0.709. The van der Waals surface area contributed by atoms with Gasteiger partial charge in [0.2, 0.25) is 0 Å². The predicted octanol–water partition coefficient (Wildman–Crippen LogP) is 3.27. The van der Waals surface area contributed by atoms with Crippen LogP contribution < -0.4 is 0 Å². The van der Waals surface area contributed by atoms with Crippen molar-refractivity contribution in [1.82, 2.24) is 0 Å². The van der Waals surface area contributed by atoms with Crippen molar-refractivity contribution < 1.29 is 0 Å². The fourth-order valence-corrected chi connectivity index (χ4v) is 1.90. The van der Waals surface area contributed by atoms with E-state index < -0.39 is 0 Å². The lowest BCUT2D eigenvalue weighted by Gasteiger charge is -2.10. The van der Waals surface area contributed by atoms with E-state index in [-0.39, 0.29) is 0 Å². The summed E-state index contributed by atoms with van der Waals surface area (Å²) in [5.41, 5.74) is 4.24. The van der Waals surface area contributed by atoms with Crippen LogP contribution in [0.4, 0.5) is 0 Å². The van der Waals surface area contributed by atoms with Gasteiger partial charge in [-0.05, 0) is 36.0 Å². The highest BCUT2D eigenvalue weighted by molar-refractivity contribution is 5.35. The van der Waals surface area contributed by atoms with Gasteiger partial charge in [-0.15, -0.1) is 0 Å². The predicted molar refractivity (Wildman–Crippen MR) is 59.1 cm³/mol. The second-order valence-corrected chi connectivity index (χ2v) is 3.42. The van der Waals surface area contributed by atoms with Gasteiger partial charge in [-0.25, -0.2) is 0 Å². The molecule has 1 nitrogen and oxygen atoms in total. The summed E-state index contributed by atoms with van der Waals surface area (Å²) in [6, 6.07) is 8.64. The molecule has 0 radical (unpaired) electrons. The van der Waals surface area contributed by atoms with Crippen LogP contribution in [0.5, 0.6) is 0 Å². The second kappa shape index (κ2) is 5.44. The molecule has 0 heterocycles. The van der Waals surface area contributed by atoms with E-state index in [0.717, 1.165) is 19.3 Å². The molecule has 0 bridgehead atoms. The highest BCUT2D eigenvalue weighted by Crippen LogP contribution is 2.17. The van der Waals surface area contributed by atoms with Crippen molar-refractivity contribution in [3.05, 3.63) is 34.9 Å². The molecule has 0 aromatic heterocycles. The van der Waals surface area contributed by atoms with Crippen LogP contribution in [0.1, 0.15) is 37.0 Å². The summed E-state index contributed by atoms with van der Waals surface area (Å²) in [5, 5.41) is 8.57. The lowest BCUT2D eigenvalue weighted by atomic mass is 9.95. The molecule has 0 unspecified atom stereocenters. The largest absolute Gasteiger partial charge is 0.198 e. The van der Waals surface area contributed by atoms with Gasteiger partial charge in [0.15, 0.2) is 0 Å². The first-order chi connectivity index (χ1) is 6.83. The third kappa shape index (κ3) is 2.35. The van der Waals surface area contributed by atoms with Crippen LogP contribution in [0.15, 0.2) is 18.2 Å². The molecule has 0 aliphatic rings. The SMILES string of the molecule is CCc1cccc(CCC#N)c1CC. The maximum Gasteiger partial charge on any atom is 0.0625 e. The van der Waals surface area contributed by atoms with Gasteiger partial charge >= 0.3 is 0 Å². The number of rotatable bonds is 4. The molecular formula is C13H17N. The highest BCUT2D eigenvalue weighted by atomic mass is 14.2. The third-order valence-electron chi connectivity index (χ3n) is 2.61. The highest BCUT2D eigenvalue weighted by Gasteiger charge is 2.04. The number of nitriles is 1. The molecule has 0 N–H and O–H groups in total. The van der Waals surface area contributed by atoms with E-state index in [1.807, 2.05) is 0 Å². The molecule has 0 aliphatic carbocycles. The van der Waals surface area contributed by atoms with Crippen molar-refractivity contribution in [2.75, 3.05) is 0 Å². The minimum absolute atomic E-state index is 0.625. The van der Waals surface area contributed by atoms with Gasteiger partial charge in [-0.3, -0.25) is 0 Å². The van der Waals surface area contributed by atoms with Crippen LogP contribution in [0.2, 0.25) is 0 Å². The van der Waals surface area contributed by atoms with E-state index in [2.05, 4.69) is 38.1 Å². The Kier molecular flexibility index (Phi) is 4.19. The monoisotopic (exact) mass is 187 g/mol. The first-order valence-electron chi connectivity index (χ1n) is 5.30. The zero-order chi connectivity index (χ0) is 10.4. The molecule has 0 spiro atoms. The summed E-state index contributed by atoms with van der Waals surface area (Å²) in [6.07, 6.45) is 3.68. The maximum absolute atomic E-state index is 8.57. The molecule has 0 atom stereocenters. The molecule has 1 heteroatoms. The zero-order valence-corrected chi connectivity index (χ0v) is 9.01. The Bertz CT molecular complexity index is 334. The summed E-state index contributed by atoms with van der Waals surface area (Å²) >= 11 is 0. The van der Waals surface area contributed by atoms with Crippen LogP contribution in [-0.2, 0) is 19.3 Å². The van der Waals surface area contributed by atoms with Gasteiger partial charge in [0.25, 0.3) is 0 Å². The topological polar surface area (TPSA) is 23.8 Å². The van der Waals surface area contributed by atoms with Crippen molar-refractivity contribution in [3.63, 3.8) is 0 Å². The average Bonchev–Trinajstić information content (AvgIpc) is 2.25. The fraction of sp³-hybridized carbons (Fsp3) is 0.462. The first kappa shape index (κ1) is 10.8. The standard InChI is InChI=1S/C13H17N/c1-3-11-7-5-8-12(9-6-10-14)13(11)4-2/h5,7-8H,3-4,6,9H2,1-2H3. The van der Waals surface area contributed by atoms with Crippen molar-refractivity contribution in [2.24, 2.45) is 0 Å². The Labute approximate surface area is 86.4 Å². The smallest absolute Gasteiger partial charge is 0.0625 e. The number of nitrogens with zero attached hydrogens (tertiary/aromatic N) is 1. The van der Waals surface area contributed by atoms with Crippen molar-refractivity contribution in [1.29, 1.82) is 5.26 Å². The summed E-state index contributed by atoms with van der Waals surface area (Å²) in [4.78, 5) is 0. The molecule has 1 aromatic carbocycles. The van der Waals surface area contributed by atoms with Gasteiger partial charge in [0, 0.05) is 6.42 Å². The van der Waals surface area contributed by atoms with Crippen molar-refractivity contribution >= 4 is 0 Å². The van der Waals surface area contributed by atoms with E-state index in [4.69, 9.17) is 5.26 Å². The Morgan fingerprint density at radius 1 is 1.14 bits per heavy atom. The number of aryl methyl sites for hydroxylation is 2. The van der Waals surface area contributed by atoms with Gasteiger partial charge < -0.3 is 0 Å². The van der Waals surface area contributed by atoms with Crippen LogP contribution in [0.3, 0.4) is 0 Å². The summed E-state index contributed by atoms with van der Waals surface area (Å²) in [5.74, 6) is 0. The number of hydrogen-bond acceptors (Lipinski definition) is 1. The van der Waals surface area contributed by atoms with E-state index >= 15 is 0 Å². The molecule has 1 aromatic rings. The van der Waals surface area contributed by atoms with Crippen molar-refractivity contribution in [3.8, 4) is 6.07 Å². The van der Waals surface area contributed by atoms with Crippen LogP contribution >= 0.6 is 0 Å². The van der Waals surface area contributed by atoms with E-state index in [0.29, 0.717) is 6.42 Å². The Balaban J connectivity index is 2.97. The summed E-state index contributed by atoms with van der Waals surface area (Å²) < 4.78 is 0. The second-order valence-electron chi connectivity index (χ2n) is 3.42. The molecule has 0 amide bonds. The molecule has 74 valence electrons. The molecular weight excluding hydrogens is 170 g/mol. The maximum atomic E-state index is 8.57. The van der Waals surface area contributed by atoms with Gasteiger partial charge in [-0.2, -0.15) is 5.26 Å². The zero-order valence-electron chi connectivity index (χ0n) is 9.01. The molecule has 0 aliphatic heterocycles. The number of benzene rings is 1. The van der Waals surface area contributed by atoms with Crippen molar-refractivity contribution in [2.45, 2.75) is 39.5 Å². The lowest BCUT2D eigenvalue weighted by Crippen LogP contribution is -1.98. The van der Waals surface area contributed by atoms with Crippen LogP contribution in [0.25, 0.3) is 0 Å². The molecule has 0 saturated heterocycles. The third-order valence-corrected chi connectivity index (χ3v) is 2.61. The first-order valence-corrected chi connectivity index (χ1v) is 5.30. The minimum atomic E-state index is 0.625. The average molecular weight is 187 g/mol. The molecule has 1 rings (SSSR count). The molecule has 0 fully saturated rings. The van der Waals surface area contributed by atoms with E-state index in [1.165, 1.54) is 16.7 Å². The van der Waals surface area contributed by atoms with Gasteiger partial charge in [0.05, 0.1) is 6.07 Å². The molecule has 0 saturated carbocycles. The lowest BCUT2D eigenvalue weighted by molar-refractivity contribution is 0.941. The Morgan fingerprint density at radius 3 is 2.43 bits per heavy atom. The Morgan fingerprint density at radius 2 is 1.86 bits per heavy atom. The summed E-state index contributed by atoms with van der Waals surface area (Å²) in [7, 11) is 0. The Hall–Kier alpha value is -1.29. The molecule has 14 heavy (non-hydrogen) atoms.